The van der Waals surface area contributed by atoms with Crippen LogP contribution < -0.4 is 5.32 Å². The Labute approximate surface area is 123 Å². The Balaban J connectivity index is 2.31. The minimum absolute atomic E-state index is 0.0610. The second kappa shape index (κ2) is 5.72. The van der Waals surface area contributed by atoms with E-state index in [1.807, 2.05) is 13.0 Å². The lowest BCUT2D eigenvalue weighted by Gasteiger charge is -2.09. The molecule has 0 aliphatic rings. The fourth-order valence-electron chi connectivity index (χ4n) is 1.61. The van der Waals surface area contributed by atoms with Crippen molar-refractivity contribution < 1.29 is 9.18 Å². The number of hydrogen-bond acceptors (Lipinski definition) is 1. The molecule has 98 valence electrons. The zero-order chi connectivity index (χ0) is 14.0. The highest BCUT2D eigenvalue weighted by molar-refractivity contribution is 9.10. The molecule has 0 aromatic heterocycles. The predicted octanol–water partition coefficient (Wildman–Crippen LogP) is 4.80. The number of carbonyl (C=O) groups is 1. The summed E-state index contributed by atoms with van der Waals surface area (Å²) >= 11 is 9.12. The highest BCUT2D eigenvalue weighted by atomic mass is 79.9. The van der Waals surface area contributed by atoms with Gasteiger partial charge >= 0.3 is 0 Å². The van der Waals surface area contributed by atoms with E-state index in [2.05, 4.69) is 21.2 Å². The van der Waals surface area contributed by atoms with Gasteiger partial charge in [-0.2, -0.15) is 0 Å². The maximum atomic E-state index is 13.5. The number of rotatable bonds is 2. The van der Waals surface area contributed by atoms with Gasteiger partial charge in [0.2, 0.25) is 0 Å². The molecule has 2 nitrogen and oxygen atoms in total. The van der Waals surface area contributed by atoms with E-state index in [1.165, 1.54) is 18.2 Å². The molecule has 1 amide bonds. The second-order valence-electron chi connectivity index (χ2n) is 4.01. The number of aryl methyl sites for hydroxylation is 1. The van der Waals surface area contributed by atoms with Crippen LogP contribution in [0.3, 0.4) is 0 Å². The Morgan fingerprint density at radius 1 is 1.32 bits per heavy atom. The molecule has 0 saturated carbocycles. The van der Waals surface area contributed by atoms with E-state index in [1.54, 1.807) is 12.1 Å². The van der Waals surface area contributed by atoms with Gasteiger partial charge < -0.3 is 5.32 Å². The van der Waals surface area contributed by atoms with Crippen molar-refractivity contribution in [2.24, 2.45) is 0 Å². The first-order valence-electron chi connectivity index (χ1n) is 5.50. The molecule has 1 N–H and O–H groups in total. The van der Waals surface area contributed by atoms with Gasteiger partial charge in [0.05, 0.1) is 11.3 Å². The first kappa shape index (κ1) is 14.0. The quantitative estimate of drug-likeness (QED) is 0.834. The molecule has 0 aliphatic heterocycles. The van der Waals surface area contributed by atoms with Crippen molar-refractivity contribution in [1.82, 2.24) is 0 Å². The van der Waals surface area contributed by atoms with Crippen LogP contribution in [-0.2, 0) is 0 Å². The third kappa shape index (κ3) is 3.14. The monoisotopic (exact) mass is 341 g/mol. The number of benzene rings is 2. The van der Waals surface area contributed by atoms with Crippen molar-refractivity contribution in [3.63, 3.8) is 0 Å². The average molecular weight is 343 g/mol. The van der Waals surface area contributed by atoms with Crippen LogP contribution in [0.4, 0.5) is 10.1 Å². The van der Waals surface area contributed by atoms with Gasteiger partial charge in [-0.1, -0.05) is 23.7 Å². The number of hydrogen-bond donors (Lipinski definition) is 1. The highest BCUT2D eigenvalue weighted by Gasteiger charge is 2.13. The topological polar surface area (TPSA) is 29.1 Å². The lowest BCUT2D eigenvalue weighted by molar-refractivity contribution is 0.102. The Hall–Kier alpha value is -1.39. The lowest BCUT2D eigenvalue weighted by atomic mass is 10.1. The van der Waals surface area contributed by atoms with Crippen molar-refractivity contribution in [1.29, 1.82) is 0 Å². The summed E-state index contributed by atoms with van der Waals surface area (Å²) in [5, 5.41) is 2.87. The average Bonchev–Trinajstić information content (AvgIpc) is 2.37. The van der Waals surface area contributed by atoms with E-state index in [9.17, 15) is 9.18 Å². The van der Waals surface area contributed by atoms with Gasteiger partial charge in [-0.05, 0) is 52.7 Å². The smallest absolute Gasteiger partial charge is 0.256 e. The van der Waals surface area contributed by atoms with Crippen LogP contribution >= 0.6 is 27.5 Å². The largest absolute Gasteiger partial charge is 0.319 e. The molecule has 0 atom stereocenters. The molecular weight excluding hydrogens is 333 g/mol. The van der Waals surface area contributed by atoms with Crippen molar-refractivity contribution in [3.05, 3.63) is 62.8 Å². The standard InChI is InChI=1S/C14H10BrClFNO/c1-8-3-2-4-10(13(8)15)14(19)18-12-7-9(16)5-6-11(12)17/h2-7H,1H3,(H,18,19). The number of halogens is 3. The molecule has 0 radical (unpaired) electrons. The SMILES string of the molecule is Cc1cccc(C(=O)Nc2cc(Cl)ccc2F)c1Br. The molecule has 0 saturated heterocycles. The normalized spacial score (nSPS) is 10.3. The Bertz CT molecular complexity index is 645. The van der Waals surface area contributed by atoms with Gasteiger partial charge in [-0.3, -0.25) is 4.79 Å². The van der Waals surface area contributed by atoms with Gasteiger partial charge in [-0.25, -0.2) is 4.39 Å². The number of carbonyl (C=O) groups excluding carboxylic acids is 1. The van der Waals surface area contributed by atoms with Gasteiger partial charge in [0.15, 0.2) is 0 Å². The fraction of sp³-hybridized carbons (Fsp3) is 0.0714. The van der Waals surface area contributed by atoms with Crippen LogP contribution in [0.5, 0.6) is 0 Å². The number of nitrogens with one attached hydrogen (secondary N) is 1. The summed E-state index contributed by atoms with van der Waals surface area (Å²) in [6.45, 7) is 1.88. The van der Waals surface area contributed by atoms with Crippen LogP contribution in [0.1, 0.15) is 15.9 Å². The minimum Gasteiger partial charge on any atom is -0.319 e. The summed E-state index contributed by atoms with van der Waals surface area (Å²) in [5.41, 5.74) is 1.43. The van der Waals surface area contributed by atoms with Crippen LogP contribution in [0.15, 0.2) is 40.9 Å². The van der Waals surface area contributed by atoms with Gasteiger partial charge in [0, 0.05) is 9.50 Å². The molecule has 2 rings (SSSR count). The predicted molar refractivity (Wildman–Crippen MR) is 78.2 cm³/mol. The highest BCUT2D eigenvalue weighted by Crippen LogP contribution is 2.24. The Morgan fingerprint density at radius 2 is 2.05 bits per heavy atom. The van der Waals surface area contributed by atoms with Crippen molar-refractivity contribution in [2.75, 3.05) is 5.32 Å². The van der Waals surface area contributed by atoms with Gasteiger partial charge in [-0.15, -0.1) is 0 Å². The summed E-state index contributed by atoms with van der Waals surface area (Å²) in [4.78, 5) is 12.1. The van der Waals surface area contributed by atoms with Gasteiger partial charge in [0.1, 0.15) is 5.82 Å². The molecule has 0 fully saturated rings. The molecular formula is C14H10BrClFNO. The Morgan fingerprint density at radius 3 is 2.79 bits per heavy atom. The number of amides is 1. The maximum absolute atomic E-state index is 13.5. The molecule has 0 spiro atoms. The van der Waals surface area contributed by atoms with Crippen LogP contribution in [0, 0.1) is 12.7 Å². The van der Waals surface area contributed by atoms with Crippen LogP contribution in [0.25, 0.3) is 0 Å². The minimum atomic E-state index is -0.526. The van der Waals surface area contributed by atoms with E-state index < -0.39 is 11.7 Å². The Kier molecular flexibility index (Phi) is 4.22. The maximum Gasteiger partial charge on any atom is 0.256 e. The number of anilines is 1. The fourth-order valence-corrected chi connectivity index (χ4v) is 2.22. The molecule has 0 heterocycles. The van der Waals surface area contributed by atoms with Crippen LogP contribution in [-0.4, -0.2) is 5.91 Å². The van der Waals surface area contributed by atoms with E-state index in [-0.39, 0.29) is 5.69 Å². The van der Waals surface area contributed by atoms with Crippen molar-refractivity contribution >= 4 is 39.1 Å². The van der Waals surface area contributed by atoms with Crippen LogP contribution in [0.2, 0.25) is 5.02 Å². The first-order chi connectivity index (χ1) is 8.99. The van der Waals surface area contributed by atoms with Crippen molar-refractivity contribution in [3.8, 4) is 0 Å². The molecule has 0 bridgehead atoms. The first-order valence-corrected chi connectivity index (χ1v) is 6.67. The summed E-state index contributed by atoms with van der Waals surface area (Å²) < 4.78 is 14.2. The zero-order valence-electron chi connectivity index (χ0n) is 10.0. The van der Waals surface area contributed by atoms with E-state index >= 15 is 0 Å². The lowest BCUT2D eigenvalue weighted by Crippen LogP contribution is -2.14. The van der Waals surface area contributed by atoms with E-state index in [0.29, 0.717) is 15.1 Å². The third-order valence-electron chi connectivity index (χ3n) is 2.61. The summed E-state index contributed by atoms with van der Waals surface area (Å²) in [5.74, 6) is -0.918. The van der Waals surface area contributed by atoms with Crippen molar-refractivity contribution in [2.45, 2.75) is 6.92 Å². The second-order valence-corrected chi connectivity index (χ2v) is 5.24. The molecule has 5 heteroatoms. The van der Waals surface area contributed by atoms with E-state index in [0.717, 1.165) is 5.56 Å². The zero-order valence-corrected chi connectivity index (χ0v) is 12.3. The van der Waals surface area contributed by atoms with E-state index in [4.69, 9.17) is 11.6 Å². The molecule has 2 aromatic rings. The molecule has 19 heavy (non-hydrogen) atoms. The third-order valence-corrected chi connectivity index (χ3v) is 3.90. The molecule has 2 aromatic carbocycles. The molecule has 0 aliphatic carbocycles. The summed E-state index contributed by atoms with van der Waals surface area (Å²) in [7, 11) is 0. The van der Waals surface area contributed by atoms with Gasteiger partial charge in [0.25, 0.3) is 5.91 Å². The summed E-state index contributed by atoms with van der Waals surface area (Å²) in [6, 6.07) is 9.32. The molecule has 0 unspecified atom stereocenters. The summed E-state index contributed by atoms with van der Waals surface area (Å²) in [6.07, 6.45) is 0.